The van der Waals surface area contributed by atoms with Gasteiger partial charge in [0.25, 0.3) is 10.0 Å². The first-order valence-electron chi connectivity index (χ1n) is 5.28. The molecule has 8 heteroatoms. The molecule has 1 aromatic carbocycles. The fourth-order valence-electron chi connectivity index (χ4n) is 1.60. The predicted octanol–water partition coefficient (Wildman–Crippen LogP) is 2.95. The number of sulfonamides is 1. The van der Waals surface area contributed by atoms with Gasteiger partial charge in [-0.25, -0.2) is 0 Å². The summed E-state index contributed by atoms with van der Waals surface area (Å²) in [5, 5.41) is 3.83. The Labute approximate surface area is 124 Å². The van der Waals surface area contributed by atoms with Crippen LogP contribution >= 0.6 is 27.5 Å². The van der Waals surface area contributed by atoms with Gasteiger partial charge in [0.15, 0.2) is 5.03 Å². The van der Waals surface area contributed by atoms with Crippen molar-refractivity contribution in [2.45, 2.75) is 11.9 Å². The van der Waals surface area contributed by atoms with Crippen molar-refractivity contribution in [3.8, 4) is 0 Å². The highest BCUT2D eigenvalue weighted by Crippen LogP contribution is 2.28. The van der Waals surface area contributed by atoms with Crippen molar-refractivity contribution in [1.29, 1.82) is 0 Å². The van der Waals surface area contributed by atoms with Gasteiger partial charge in [0.1, 0.15) is 0 Å². The van der Waals surface area contributed by atoms with Crippen molar-refractivity contribution in [3.63, 3.8) is 0 Å². The molecule has 5 nitrogen and oxygen atoms in total. The van der Waals surface area contributed by atoms with Crippen LogP contribution in [-0.4, -0.2) is 18.2 Å². The molecule has 0 aliphatic heterocycles. The molecule has 0 unspecified atom stereocenters. The first kappa shape index (κ1) is 14.4. The molecule has 1 N–H and O–H groups in total. The minimum absolute atomic E-state index is 0.0679. The lowest BCUT2D eigenvalue weighted by Crippen LogP contribution is -2.17. The Morgan fingerprint density at radius 3 is 2.63 bits per heavy atom. The molecule has 19 heavy (non-hydrogen) atoms. The predicted molar refractivity (Wildman–Crippen MR) is 77.9 cm³/mol. The van der Waals surface area contributed by atoms with E-state index in [1.165, 1.54) is 17.9 Å². The summed E-state index contributed by atoms with van der Waals surface area (Å²) in [5.41, 5.74) is 1.47. The number of rotatable bonds is 3. The molecule has 2 rings (SSSR count). The molecule has 0 aliphatic carbocycles. The van der Waals surface area contributed by atoms with Crippen LogP contribution in [0.5, 0.6) is 0 Å². The summed E-state index contributed by atoms with van der Waals surface area (Å²) in [7, 11) is -2.26. The number of hydrogen-bond acceptors (Lipinski definition) is 3. The summed E-state index contributed by atoms with van der Waals surface area (Å²) in [6, 6.07) is 5.32. The molecule has 0 fully saturated rings. The number of hydrogen-bond donors (Lipinski definition) is 1. The third-order valence-electron chi connectivity index (χ3n) is 2.47. The van der Waals surface area contributed by atoms with Gasteiger partial charge in [-0.1, -0.05) is 17.7 Å². The van der Waals surface area contributed by atoms with E-state index < -0.39 is 10.0 Å². The summed E-state index contributed by atoms with van der Waals surface area (Å²) >= 11 is 9.16. The molecule has 0 saturated carbocycles. The molecule has 2 aromatic rings. The molecule has 102 valence electrons. The molecule has 0 amide bonds. The molecule has 0 atom stereocenters. The summed E-state index contributed by atoms with van der Waals surface area (Å²) in [5.74, 6) is 0. The molecule has 0 bridgehead atoms. The van der Waals surface area contributed by atoms with Crippen LogP contribution in [-0.2, 0) is 17.1 Å². The Kier molecular flexibility index (Phi) is 3.89. The Bertz CT molecular complexity index is 708. The number of anilines is 1. The number of halogens is 2. The Morgan fingerprint density at radius 1 is 1.42 bits per heavy atom. The van der Waals surface area contributed by atoms with Crippen LogP contribution in [0.4, 0.5) is 5.69 Å². The van der Waals surface area contributed by atoms with E-state index in [0.717, 1.165) is 5.56 Å². The van der Waals surface area contributed by atoms with Gasteiger partial charge in [0.2, 0.25) is 0 Å². The van der Waals surface area contributed by atoms with E-state index in [4.69, 9.17) is 11.6 Å². The van der Waals surface area contributed by atoms with Crippen molar-refractivity contribution in [2.24, 2.45) is 7.05 Å². The summed E-state index contributed by atoms with van der Waals surface area (Å²) in [6.45, 7) is 1.92. The maximum Gasteiger partial charge on any atom is 0.280 e. The molecule has 1 aromatic heterocycles. The fraction of sp³-hybridized carbons (Fsp3) is 0.182. The normalized spacial score (nSPS) is 11.6. The smallest absolute Gasteiger partial charge is 0.277 e. The van der Waals surface area contributed by atoms with Gasteiger partial charge in [-0.2, -0.15) is 13.5 Å². The second kappa shape index (κ2) is 5.15. The van der Waals surface area contributed by atoms with Crippen molar-refractivity contribution in [1.82, 2.24) is 9.78 Å². The van der Waals surface area contributed by atoms with E-state index in [-0.39, 0.29) is 10.0 Å². The van der Waals surface area contributed by atoms with Crippen molar-refractivity contribution >= 4 is 43.2 Å². The van der Waals surface area contributed by atoms with E-state index >= 15 is 0 Å². The summed E-state index contributed by atoms with van der Waals surface area (Å²) in [4.78, 5) is 0. The number of nitrogens with zero attached hydrogens (tertiary/aromatic N) is 2. The molecule has 0 aliphatic rings. The average molecular weight is 365 g/mol. The van der Waals surface area contributed by atoms with Crippen LogP contribution in [0, 0.1) is 6.92 Å². The maximum absolute atomic E-state index is 12.3. The van der Waals surface area contributed by atoms with Gasteiger partial charge >= 0.3 is 0 Å². The second-order valence-corrected chi connectivity index (χ2v) is 6.87. The third kappa shape index (κ3) is 2.93. The van der Waals surface area contributed by atoms with Gasteiger partial charge in [-0.15, -0.1) is 0 Å². The van der Waals surface area contributed by atoms with Crippen LogP contribution in [0.3, 0.4) is 0 Å². The SMILES string of the molecule is Cc1ccc(NS(=O)(=O)c2c(Cl)cnn2C)c(Br)c1. The lowest BCUT2D eigenvalue weighted by Gasteiger charge is -2.10. The van der Waals surface area contributed by atoms with Crippen LogP contribution in [0.1, 0.15) is 5.56 Å². The van der Waals surface area contributed by atoms with E-state index in [9.17, 15) is 8.42 Å². The van der Waals surface area contributed by atoms with Gasteiger partial charge < -0.3 is 0 Å². The van der Waals surface area contributed by atoms with Gasteiger partial charge in [-0.3, -0.25) is 9.40 Å². The standard InChI is InChI=1S/C11H11BrClN3O2S/c1-7-3-4-10(8(12)5-7)15-19(17,18)11-9(13)6-14-16(11)2/h3-6,15H,1-2H3. The Balaban J connectivity index is 2.42. The van der Waals surface area contributed by atoms with Crippen molar-refractivity contribution < 1.29 is 8.42 Å². The molecular weight excluding hydrogens is 354 g/mol. The minimum Gasteiger partial charge on any atom is -0.277 e. The summed E-state index contributed by atoms with van der Waals surface area (Å²) in [6.07, 6.45) is 1.29. The molecule has 0 saturated heterocycles. The summed E-state index contributed by atoms with van der Waals surface area (Å²) < 4.78 is 28.9. The zero-order chi connectivity index (χ0) is 14.2. The Morgan fingerprint density at radius 2 is 2.11 bits per heavy atom. The van der Waals surface area contributed by atoms with Gasteiger partial charge in [-0.05, 0) is 40.5 Å². The topological polar surface area (TPSA) is 64.0 Å². The van der Waals surface area contributed by atoms with Crippen LogP contribution in [0.2, 0.25) is 5.02 Å². The highest BCUT2D eigenvalue weighted by atomic mass is 79.9. The zero-order valence-electron chi connectivity index (χ0n) is 10.2. The molecular formula is C11H11BrClN3O2S. The highest BCUT2D eigenvalue weighted by Gasteiger charge is 2.23. The lowest BCUT2D eigenvalue weighted by molar-refractivity contribution is 0.582. The number of benzene rings is 1. The average Bonchev–Trinajstić information content (AvgIpc) is 2.63. The van der Waals surface area contributed by atoms with Crippen LogP contribution < -0.4 is 4.72 Å². The largest absolute Gasteiger partial charge is 0.280 e. The van der Waals surface area contributed by atoms with Crippen LogP contribution in [0.15, 0.2) is 33.9 Å². The highest BCUT2D eigenvalue weighted by molar-refractivity contribution is 9.10. The van der Waals surface area contributed by atoms with Crippen LogP contribution in [0.25, 0.3) is 0 Å². The minimum atomic E-state index is -3.78. The van der Waals surface area contributed by atoms with Gasteiger partial charge in [0.05, 0.1) is 16.9 Å². The van der Waals surface area contributed by atoms with E-state index in [1.807, 2.05) is 19.1 Å². The van der Waals surface area contributed by atoms with Gasteiger partial charge in [0, 0.05) is 11.5 Å². The number of nitrogens with one attached hydrogen (secondary N) is 1. The first-order valence-corrected chi connectivity index (χ1v) is 7.93. The second-order valence-electron chi connectivity index (χ2n) is 4.01. The monoisotopic (exact) mass is 363 g/mol. The molecule has 1 heterocycles. The van der Waals surface area contributed by atoms with E-state index in [1.54, 1.807) is 6.07 Å². The Hall–Kier alpha value is -1.05. The maximum atomic E-state index is 12.3. The van der Waals surface area contributed by atoms with E-state index in [2.05, 4.69) is 25.8 Å². The van der Waals surface area contributed by atoms with Crippen molar-refractivity contribution in [3.05, 3.63) is 39.5 Å². The quantitative estimate of drug-likeness (QED) is 0.910. The molecule has 0 radical (unpaired) electrons. The first-order chi connectivity index (χ1) is 8.81. The lowest BCUT2D eigenvalue weighted by atomic mass is 10.2. The van der Waals surface area contributed by atoms with E-state index in [0.29, 0.717) is 10.2 Å². The van der Waals surface area contributed by atoms with Crippen molar-refractivity contribution in [2.75, 3.05) is 4.72 Å². The third-order valence-corrected chi connectivity index (χ3v) is 4.99. The number of aromatic nitrogens is 2. The fourth-order valence-corrected chi connectivity index (χ4v) is 4.06. The zero-order valence-corrected chi connectivity index (χ0v) is 13.3. The molecule has 0 spiro atoms. The number of aryl methyl sites for hydroxylation is 2.